The molecule has 0 saturated carbocycles. The van der Waals surface area contributed by atoms with E-state index in [0.717, 1.165) is 65.2 Å². The van der Waals surface area contributed by atoms with E-state index in [1.165, 1.54) is 76.4 Å². The topological polar surface area (TPSA) is 11.8 Å². The molecule has 2 atom stereocenters. The van der Waals surface area contributed by atoms with Gasteiger partial charge in [0.25, 0.3) is 0 Å². The van der Waals surface area contributed by atoms with Gasteiger partial charge in [-0.15, -0.1) is 11.3 Å². The molecule has 0 bridgehead atoms. The van der Waals surface area contributed by atoms with Crippen molar-refractivity contribution in [2.45, 2.75) is 83.5 Å². The van der Waals surface area contributed by atoms with Gasteiger partial charge in [-0.3, -0.25) is 0 Å². The second-order valence-corrected chi connectivity index (χ2v) is 25.0. The Morgan fingerprint density at radius 2 is 1.54 bits per heavy atom. The fourth-order valence-electron chi connectivity index (χ4n) is 11.5. The number of hydrogen-bond acceptors (Lipinski definition) is 1. The van der Waals surface area contributed by atoms with Crippen LogP contribution in [0.5, 0.6) is 0 Å². The minimum absolute atomic E-state index is 0.0463. The average molecular weight is 926 g/mol. The third-order valence-corrected chi connectivity index (χ3v) is 17.4. The standard InChI is InChI=1S/C62H60FN3SSi/c1-9-52-48-20-14-13-19-47(48)49-30-26-44-35-39(2)58-50-31-25-43(41-23-28-46(63)29-24-41)37-57(50)67-60(58)59(44)61-65(40(3)36-56(49)64(52)33-34-68(7)8)54-21-15-16-22-55(54)66(61)53-32-27-45(62(4,5)6)38-51(53)42-17-11-10-12-18-42/h9-25,27-29,31-32,35,37-38,49,56,68H,1,3,26,30,33-34,36H2,2,4-8H3/q+2. The predicted octanol–water partition coefficient (Wildman–Crippen LogP) is 15.5. The van der Waals surface area contributed by atoms with E-state index < -0.39 is 8.80 Å². The van der Waals surface area contributed by atoms with Crippen molar-refractivity contribution in [2.75, 3.05) is 6.54 Å². The Labute approximate surface area is 406 Å². The lowest BCUT2D eigenvalue weighted by molar-refractivity contribution is -0.580. The normalized spacial score (nSPS) is 16.3. The molecule has 6 heteroatoms. The maximum atomic E-state index is 14.2. The van der Waals surface area contributed by atoms with Gasteiger partial charge in [-0.1, -0.05) is 144 Å². The Balaban J connectivity index is 1.25. The molecular weight excluding hydrogens is 866 g/mol. The molecule has 2 aliphatic heterocycles. The van der Waals surface area contributed by atoms with Gasteiger partial charge < -0.3 is 0 Å². The summed E-state index contributed by atoms with van der Waals surface area (Å²) in [4.78, 5) is 0. The van der Waals surface area contributed by atoms with Crippen molar-refractivity contribution in [2.24, 2.45) is 0 Å². The van der Waals surface area contributed by atoms with Gasteiger partial charge in [0.05, 0.1) is 16.7 Å². The van der Waals surface area contributed by atoms with Crippen LogP contribution >= 0.6 is 11.3 Å². The molecule has 0 amide bonds. The summed E-state index contributed by atoms with van der Waals surface area (Å²) >= 11 is 1.89. The van der Waals surface area contributed by atoms with Crippen molar-refractivity contribution in [1.82, 2.24) is 4.57 Å². The molecule has 9 aromatic rings. The highest BCUT2D eigenvalue weighted by Crippen LogP contribution is 2.48. The molecule has 4 heterocycles. The Hall–Kier alpha value is -6.47. The van der Waals surface area contributed by atoms with E-state index in [1.54, 1.807) is 12.1 Å². The molecule has 2 aliphatic rings. The lowest BCUT2D eigenvalue weighted by atomic mass is 9.77. The maximum Gasteiger partial charge on any atom is 0.301 e. The zero-order chi connectivity index (χ0) is 47.0. The van der Waals surface area contributed by atoms with Crippen LogP contribution in [0.2, 0.25) is 19.1 Å². The SMILES string of the molecule is C=CC1=[N+](CC[SiH](C)C)C2CC(=C)[n+]3c(n(-c4ccc(C(C)(C)C)cc4-c4ccccc4)c4ccccc43)-c3c(cc(C)c4c3sc3cc(-c5ccc(F)cc5)ccc34)CCC2c2ccccc21. The number of rotatable bonds is 7. The lowest BCUT2D eigenvalue weighted by Crippen LogP contribution is -2.45. The summed E-state index contributed by atoms with van der Waals surface area (Å²) in [5.41, 5.74) is 18.2. The number of para-hydroxylation sites is 2. The van der Waals surface area contributed by atoms with E-state index >= 15 is 0 Å². The van der Waals surface area contributed by atoms with E-state index in [-0.39, 0.29) is 23.2 Å². The van der Waals surface area contributed by atoms with Crippen LogP contribution in [-0.2, 0) is 11.8 Å². The van der Waals surface area contributed by atoms with Crippen LogP contribution in [0.15, 0.2) is 165 Å². The highest BCUT2D eigenvalue weighted by atomic mass is 32.1. The molecular formula is C62H60FN3SSi+2. The number of nitrogens with zero attached hydrogens (tertiary/aromatic N) is 3. The van der Waals surface area contributed by atoms with Crippen LogP contribution < -0.4 is 4.57 Å². The van der Waals surface area contributed by atoms with Crippen molar-refractivity contribution >= 4 is 62.7 Å². The third-order valence-electron chi connectivity index (χ3n) is 14.8. The van der Waals surface area contributed by atoms with Crippen LogP contribution in [0.4, 0.5) is 4.39 Å². The Morgan fingerprint density at radius 3 is 2.31 bits per heavy atom. The average Bonchev–Trinajstić information content (AvgIpc) is 3.89. The van der Waals surface area contributed by atoms with Crippen molar-refractivity contribution in [3.8, 4) is 39.3 Å². The maximum absolute atomic E-state index is 14.2. The first-order chi connectivity index (χ1) is 32.9. The number of halogens is 1. The van der Waals surface area contributed by atoms with Gasteiger partial charge >= 0.3 is 5.82 Å². The lowest BCUT2D eigenvalue weighted by Gasteiger charge is -2.33. The molecule has 338 valence electrons. The zero-order valence-electron chi connectivity index (χ0n) is 40.2. The van der Waals surface area contributed by atoms with E-state index in [2.05, 4.69) is 188 Å². The quantitative estimate of drug-likeness (QED) is 0.112. The van der Waals surface area contributed by atoms with Crippen LogP contribution in [-0.4, -0.2) is 36.2 Å². The predicted molar refractivity (Wildman–Crippen MR) is 290 cm³/mol. The van der Waals surface area contributed by atoms with Crippen LogP contribution in [0.1, 0.15) is 67.3 Å². The summed E-state index contributed by atoms with van der Waals surface area (Å²) in [7, 11) is -0.878. The molecule has 11 rings (SSSR count). The fourth-order valence-corrected chi connectivity index (χ4v) is 13.6. The Kier molecular flexibility index (Phi) is 11.2. The highest BCUT2D eigenvalue weighted by molar-refractivity contribution is 7.26. The van der Waals surface area contributed by atoms with Gasteiger partial charge in [0, 0.05) is 47.4 Å². The third kappa shape index (κ3) is 7.44. The molecule has 0 saturated heterocycles. The smallest absolute Gasteiger partial charge is 0.226 e. The molecule has 2 unspecified atom stereocenters. The van der Waals surface area contributed by atoms with Gasteiger partial charge in [-0.25, -0.2) is 8.97 Å². The largest absolute Gasteiger partial charge is 0.301 e. The summed E-state index contributed by atoms with van der Waals surface area (Å²) in [6.07, 6.45) is 4.83. The van der Waals surface area contributed by atoms with E-state index in [4.69, 9.17) is 6.58 Å². The van der Waals surface area contributed by atoms with Crippen molar-refractivity contribution in [3.63, 3.8) is 0 Å². The first-order valence-corrected chi connectivity index (χ1v) is 28.4. The van der Waals surface area contributed by atoms with Gasteiger partial charge in [-0.05, 0) is 119 Å². The fraction of sp³-hybridized carbons (Fsp3) is 0.226. The van der Waals surface area contributed by atoms with Gasteiger partial charge in [0.1, 0.15) is 23.7 Å². The molecule has 0 N–H and O–H groups in total. The molecule has 0 aliphatic carbocycles. The molecule has 3 nitrogen and oxygen atoms in total. The first kappa shape index (κ1) is 44.1. The van der Waals surface area contributed by atoms with Crippen molar-refractivity contribution < 1.29 is 13.5 Å². The number of aryl methyl sites for hydroxylation is 2. The highest BCUT2D eigenvalue weighted by Gasteiger charge is 2.44. The number of hydrogen-bond donors (Lipinski definition) is 0. The minimum atomic E-state index is -0.878. The van der Waals surface area contributed by atoms with Gasteiger partial charge in [0.2, 0.25) is 5.71 Å². The van der Waals surface area contributed by atoms with Gasteiger partial charge in [0.15, 0.2) is 17.1 Å². The monoisotopic (exact) mass is 925 g/mol. The first-order valence-electron chi connectivity index (χ1n) is 24.4. The van der Waals surface area contributed by atoms with Crippen molar-refractivity contribution in [3.05, 3.63) is 198 Å². The Bertz CT molecular complexity index is 3510. The number of benzene rings is 7. The van der Waals surface area contributed by atoms with Crippen LogP contribution in [0, 0.1) is 12.7 Å². The molecule has 2 aromatic heterocycles. The number of allylic oxidation sites excluding steroid dienone is 1. The van der Waals surface area contributed by atoms with E-state index in [9.17, 15) is 4.39 Å². The number of imidazole rings is 1. The molecule has 0 fully saturated rings. The number of aromatic nitrogens is 2. The summed E-state index contributed by atoms with van der Waals surface area (Å²) in [5, 5.41) is 2.54. The zero-order valence-corrected chi connectivity index (χ0v) is 42.2. The van der Waals surface area contributed by atoms with Crippen molar-refractivity contribution in [1.29, 1.82) is 0 Å². The molecule has 7 aromatic carbocycles. The van der Waals surface area contributed by atoms with E-state index in [1.807, 2.05) is 23.5 Å². The second-order valence-electron chi connectivity index (χ2n) is 20.6. The number of thiophene rings is 1. The molecule has 0 radical (unpaired) electrons. The molecule has 0 spiro atoms. The second kappa shape index (κ2) is 17.2. The van der Waals surface area contributed by atoms with Crippen LogP contribution in [0.25, 0.3) is 76.2 Å². The number of fused-ring (bicyclic) bond motifs is 12. The summed E-state index contributed by atoms with van der Waals surface area (Å²) in [6, 6.07) is 53.9. The van der Waals surface area contributed by atoms with Gasteiger partial charge in [-0.2, -0.15) is 9.13 Å². The minimum Gasteiger partial charge on any atom is -0.226 e. The van der Waals surface area contributed by atoms with E-state index in [0.29, 0.717) is 0 Å². The Morgan fingerprint density at radius 1 is 0.809 bits per heavy atom. The summed E-state index contributed by atoms with van der Waals surface area (Å²) in [6.45, 7) is 24.8. The summed E-state index contributed by atoms with van der Waals surface area (Å²) in [5.74, 6) is 1.21. The van der Waals surface area contributed by atoms with Crippen LogP contribution in [0.3, 0.4) is 0 Å². The molecule has 68 heavy (non-hydrogen) atoms. The summed E-state index contributed by atoms with van der Waals surface area (Å²) < 4.78 is 24.5.